The molecule has 0 spiro atoms. The van der Waals surface area contributed by atoms with E-state index in [2.05, 4.69) is 27.3 Å². The van der Waals surface area contributed by atoms with Crippen LogP contribution in [0.4, 0.5) is 11.4 Å². The molecule has 0 radical (unpaired) electrons. The fraction of sp³-hybridized carbons (Fsp3) is 0.133. The summed E-state index contributed by atoms with van der Waals surface area (Å²) in [6.45, 7) is 0.527. The van der Waals surface area contributed by atoms with Crippen LogP contribution in [0.15, 0.2) is 40.9 Å². The zero-order valence-corrected chi connectivity index (χ0v) is 12.6. The molecule has 0 aliphatic carbocycles. The first kappa shape index (κ1) is 14.2. The van der Waals surface area contributed by atoms with Crippen molar-refractivity contribution in [1.29, 1.82) is 5.26 Å². The topological polar surface area (TPSA) is 71.1 Å². The van der Waals surface area contributed by atoms with E-state index in [1.165, 1.54) is 0 Å². The first-order chi connectivity index (χ1) is 9.63. The normalized spacial score (nSPS) is 9.85. The van der Waals surface area contributed by atoms with Gasteiger partial charge in [0.05, 0.1) is 18.4 Å². The fourth-order valence-electron chi connectivity index (χ4n) is 1.89. The molecule has 2 aromatic carbocycles. The molecule has 0 heterocycles. The predicted octanol–water partition coefficient (Wildman–Crippen LogP) is 3.52. The molecule has 102 valence electrons. The number of halogens is 1. The first-order valence-electron chi connectivity index (χ1n) is 6.00. The van der Waals surface area contributed by atoms with Crippen LogP contribution in [0.5, 0.6) is 5.75 Å². The van der Waals surface area contributed by atoms with Crippen LogP contribution in [0.25, 0.3) is 0 Å². The third kappa shape index (κ3) is 3.22. The summed E-state index contributed by atoms with van der Waals surface area (Å²) >= 11 is 3.40. The second kappa shape index (κ2) is 6.31. The molecular formula is C15H14BrN3O. The van der Waals surface area contributed by atoms with E-state index in [1.807, 2.05) is 24.3 Å². The van der Waals surface area contributed by atoms with Crippen molar-refractivity contribution in [2.75, 3.05) is 18.2 Å². The number of anilines is 2. The van der Waals surface area contributed by atoms with E-state index in [1.54, 1.807) is 19.2 Å². The zero-order valence-electron chi connectivity index (χ0n) is 11.0. The summed E-state index contributed by atoms with van der Waals surface area (Å²) in [7, 11) is 1.62. The predicted molar refractivity (Wildman–Crippen MR) is 83.6 cm³/mol. The summed E-state index contributed by atoms with van der Waals surface area (Å²) in [6.07, 6.45) is 0. The molecule has 0 amide bonds. The van der Waals surface area contributed by atoms with Gasteiger partial charge < -0.3 is 15.8 Å². The van der Waals surface area contributed by atoms with Crippen molar-refractivity contribution in [3.05, 3.63) is 52.0 Å². The Morgan fingerprint density at radius 3 is 2.80 bits per heavy atom. The van der Waals surface area contributed by atoms with Crippen LogP contribution in [0.1, 0.15) is 11.1 Å². The molecule has 2 aromatic rings. The summed E-state index contributed by atoms with van der Waals surface area (Å²) in [5.41, 5.74) is 8.77. The molecule has 3 N–H and O–H groups in total. The summed E-state index contributed by atoms with van der Waals surface area (Å²) < 4.78 is 6.21. The van der Waals surface area contributed by atoms with Crippen molar-refractivity contribution >= 4 is 27.3 Å². The Balaban J connectivity index is 2.23. The number of nitrogens with zero attached hydrogens (tertiary/aromatic N) is 1. The Hall–Kier alpha value is -2.19. The lowest BCUT2D eigenvalue weighted by atomic mass is 10.1. The second-order valence-corrected chi connectivity index (χ2v) is 5.14. The molecule has 0 unspecified atom stereocenters. The largest absolute Gasteiger partial charge is 0.496 e. The van der Waals surface area contributed by atoms with Gasteiger partial charge in [-0.2, -0.15) is 5.26 Å². The lowest BCUT2D eigenvalue weighted by molar-refractivity contribution is 0.410. The molecule has 0 aliphatic rings. The summed E-state index contributed by atoms with van der Waals surface area (Å²) in [5.74, 6) is 0.764. The molecule has 5 heteroatoms. The van der Waals surface area contributed by atoms with E-state index in [-0.39, 0.29) is 0 Å². The van der Waals surface area contributed by atoms with Crippen LogP contribution >= 0.6 is 15.9 Å². The molecule has 0 saturated heterocycles. The smallest absolute Gasteiger partial charge is 0.123 e. The molecule has 2 rings (SSSR count). The fourth-order valence-corrected chi connectivity index (χ4v) is 2.25. The molecule has 0 aliphatic heterocycles. The maximum Gasteiger partial charge on any atom is 0.123 e. The van der Waals surface area contributed by atoms with Crippen molar-refractivity contribution in [2.45, 2.75) is 6.54 Å². The summed E-state index contributed by atoms with van der Waals surface area (Å²) in [5, 5.41) is 12.3. The minimum Gasteiger partial charge on any atom is -0.496 e. The van der Waals surface area contributed by atoms with Gasteiger partial charge in [0.2, 0.25) is 0 Å². The number of methoxy groups -OCH3 is 1. The lowest BCUT2D eigenvalue weighted by Crippen LogP contribution is -2.04. The van der Waals surface area contributed by atoms with Crippen molar-refractivity contribution in [3.63, 3.8) is 0 Å². The Labute approximate surface area is 126 Å². The Morgan fingerprint density at radius 1 is 1.30 bits per heavy atom. The van der Waals surface area contributed by atoms with Gasteiger partial charge in [0.25, 0.3) is 0 Å². The van der Waals surface area contributed by atoms with Crippen LogP contribution in [0.3, 0.4) is 0 Å². The van der Waals surface area contributed by atoms with Crippen molar-refractivity contribution < 1.29 is 4.74 Å². The zero-order chi connectivity index (χ0) is 14.5. The molecule has 20 heavy (non-hydrogen) atoms. The van der Waals surface area contributed by atoms with Crippen molar-refractivity contribution in [2.24, 2.45) is 0 Å². The second-order valence-electron chi connectivity index (χ2n) is 4.23. The van der Waals surface area contributed by atoms with Gasteiger partial charge in [-0.25, -0.2) is 0 Å². The van der Waals surface area contributed by atoms with Crippen LogP contribution in [-0.4, -0.2) is 7.11 Å². The Kier molecular flexibility index (Phi) is 4.49. The van der Waals surface area contributed by atoms with Crippen LogP contribution in [0.2, 0.25) is 0 Å². The minimum absolute atomic E-state index is 0.527. The highest BCUT2D eigenvalue weighted by molar-refractivity contribution is 9.10. The monoisotopic (exact) mass is 331 g/mol. The summed E-state index contributed by atoms with van der Waals surface area (Å²) in [4.78, 5) is 0. The third-order valence-corrected chi connectivity index (χ3v) is 3.37. The quantitative estimate of drug-likeness (QED) is 0.841. The number of nitrogen functional groups attached to an aromatic ring is 1. The maximum absolute atomic E-state index is 9.10. The maximum atomic E-state index is 9.10. The van der Waals surface area contributed by atoms with Gasteiger partial charge in [-0.1, -0.05) is 15.9 Å². The third-order valence-electron chi connectivity index (χ3n) is 2.88. The standard InChI is InChI=1S/C15H14BrN3O/c1-20-15-5-4-13(18)6-11(15)9-19-14-7-12(16)3-2-10(14)8-17/h2-7,19H,9,18H2,1H3. The van der Waals surface area contributed by atoms with Crippen LogP contribution in [0, 0.1) is 11.3 Å². The minimum atomic E-state index is 0.527. The van der Waals surface area contributed by atoms with Crippen LogP contribution < -0.4 is 15.8 Å². The van der Waals surface area contributed by atoms with E-state index in [0.717, 1.165) is 21.5 Å². The number of hydrogen-bond donors (Lipinski definition) is 2. The summed E-state index contributed by atoms with van der Waals surface area (Å²) in [6, 6.07) is 13.1. The van der Waals surface area contributed by atoms with Gasteiger partial charge in [-0.15, -0.1) is 0 Å². The number of nitrogens with one attached hydrogen (secondary N) is 1. The average molecular weight is 332 g/mol. The lowest BCUT2D eigenvalue weighted by Gasteiger charge is -2.12. The number of hydrogen-bond acceptors (Lipinski definition) is 4. The number of benzene rings is 2. The molecule has 0 aromatic heterocycles. The highest BCUT2D eigenvalue weighted by Gasteiger charge is 2.06. The van der Waals surface area contributed by atoms with Crippen molar-refractivity contribution in [1.82, 2.24) is 0 Å². The van der Waals surface area contributed by atoms with E-state index in [9.17, 15) is 0 Å². The molecule has 4 nitrogen and oxygen atoms in total. The molecule has 0 saturated carbocycles. The number of nitrogens with two attached hydrogens (primary N) is 1. The Bertz CT molecular complexity index is 665. The molecular weight excluding hydrogens is 318 g/mol. The van der Waals surface area contributed by atoms with Crippen molar-refractivity contribution in [3.8, 4) is 11.8 Å². The molecule has 0 fully saturated rings. The highest BCUT2D eigenvalue weighted by Crippen LogP contribution is 2.25. The number of rotatable bonds is 4. The van der Waals surface area contributed by atoms with Gasteiger partial charge >= 0.3 is 0 Å². The van der Waals surface area contributed by atoms with Gasteiger partial charge in [0.1, 0.15) is 11.8 Å². The van der Waals surface area contributed by atoms with E-state index in [4.69, 9.17) is 15.7 Å². The molecule has 0 bridgehead atoms. The van der Waals surface area contributed by atoms with Crippen LogP contribution in [-0.2, 0) is 6.54 Å². The molecule has 0 atom stereocenters. The SMILES string of the molecule is COc1ccc(N)cc1CNc1cc(Br)ccc1C#N. The Morgan fingerprint density at radius 2 is 2.10 bits per heavy atom. The highest BCUT2D eigenvalue weighted by atomic mass is 79.9. The average Bonchev–Trinajstić information content (AvgIpc) is 2.45. The van der Waals surface area contributed by atoms with Gasteiger partial charge in [-0.05, 0) is 36.4 Å². The van der Waals surface area contributed by atoms with Gasteiger partial charge in [-0.3, -0.25) is 0 Å². The van der Waals surface area contributed by atoms with E-state index < -0.39 is 0 Å². The van der Waals surface area contributed by atoms with E-state index >= 15 is 0 Å². The number of ether oxygens (including phenoxy) is 1. The van der Waals surface area contributed by atoms with Gasteiger partial charge in [0, 0.05) is 22.3 Å². The van der Waals surface area contributed by atoms with Gasteiger partial charge in [0.15, 0.2) is 0 Å². The first-order valence-corrected chi connectivity index (χ1v) is 6.79. The number of nitriles is 1. The van der Waals surface area contributed by atoms with E-state index in [0.29, 0.717) is 17.8 Å².